The van der Waals surface area contributed by atoms with E-state index in [9.17, 15) is 25.2 Å². The number of nitrogens with one attached hydrogen (secondary N) is 2. The molecule has 9 atom stereocenters. The summed E-state index contributed by atoms with van der Waals surface area (Å²) in [6, 6.07) is 7.98. The Hall–Kier alpha value is -3.21. The first-order chi connectivity index (χ1) is 20.4. The molecule has 1 fully saturated rings. The van der Waals surface area contributed by atoms with Gasteiger partial charge in [0.25, 0.3) is 0 Å². The summed E-state index contributed by atoms with van der Waals surface area (Å²) in [4.78, 5) is 16.8. The van der Waals surface area contributed by atoms with Crippen molar-refractivity contribution in [1.82, 2.24) is 10.3 Å². The molecule has 1 saturated heterocycles. The Morgan fingerprint density at radius 2 is 2.00 bits per heavy atom. The van der Waals surface area contributed by atoms with Crippen LogP contribution in [0.25, 0.3) is 10.9 Å². The Morgan fingerprint density at radius 3 is 2.76 bits per heavy atom. The Kier molecular flexibility index (Phi) is 9.65. The van der Waals surface area contributed by atoms with Crippen LogP contribution in [0.5, 0.6) is 0 Å². The molecule has 1 aromatic heterocycles. The summed E-state index contributed by atoms with van der Waals surface area (Å²) >= 11 is 0. The van der Waals surface area contributed by atoms with Crippen molar-refractivity contribution in [1.29, 1.82) is 0 Å². The largest absolute Gasteiger partial charge is 0.471 e. The number of benzene rings is 1. The van der Waals surface area contributed by atoms with Crippen molar-refractivity contribution >= 4 is 16.9 Å². The van der Waals surface area contributed by atoms with Gasteiger partial charge in [0.05, 0.1) is 25.0 Å². The van der Waals surface area contributed by atoms with Crippen LogP contribution in [0.4, 0.5) is 0 Å². The van der Waals surface area contributed by atoms with E-state index in [1.165, 1.54) is 17.2 Å². The first kappa shape index (κ1) is 30.3. The monoisotopic (exact) mass is 582 g/mol. The number of aromatic nitrogens is 1. The van der Waals surface area contributed by atoms with E-state index in [1.807, 2.05) is 18.2 Å². The number of para-hydroxylation sites is 1. The molecule has 11 nitrogen and oxygen atoms in total. The lowest BCUT2D eigenvalue weighted by Gasteiger charge is -2.43. The number of unbranched alkanes of at least 4 members (excludes halogenated alkanes) is 1. The number of aliphatic hydroxyl groups is 4. The van der Waals surface area contributed by atoms with Gasteiger partial charge < -0.3 is 49.7 Å². The number of fused-ring (bicyclic) bond motifs is 3. The van der Waals surface area contributed by atoms with Gasteiger partial charge in [-0.15, -0.1) is 18.9 Å². The van der Waals surface area contributed by atoms with E-state index in [2.05, 4.69) is 28.9 Å². The summed E-state index contributed by atoms with van der Waals surface area (Å²) in [5, 5.41) is 45.3. The number of hydrogen-bond acceptors (Lipinski definition) is 10. The van der Waals surface area contributed by atoms with Gasteiger partial charge in [0.15, 0.2) is 6.29 Å². The van der Waals surface area contributed by atoms with Crippen LogP contribution < -0.4 is 5.32 Å². The number of carbonyl (C=O) groups is 1. The number of hydrogen-bond donors (Lipinski definition) is 6. The van der Waals surface area contributed by atoms with Crippen LogP contribution in [0.3, 0.4) is 0 Å². The highest BCUT2D eigenvalue weighted by Gasteiger charge is 2.48. The van der Waals surface area contributed by atoms with Gasteiger partial charge in [0, 0.05) is 40.9 Å². The molecule has 0 bridgehead atoms. The lowest BCUT2D eigenvalue weighted by atomic mass is 9.78. The topological polar surface area (TPSA) is 163 Å². The van der Waals surface area contributed by atoms with Crippen LogP contribution in [0, 0.1) is 24.2 Å². The molecule has 4 heterocycles. The Balaban J connectivity index is 1.42. The molecule has 6 N–H and O–H groups in total. The van der Waals surface area contributed by atoms with E-state index in [1.54, 1.807) is 6.08 Å². The molecule has 3 aliphatic rings. The summed E-state index contributed by atoms with van der Waals surface area (Å²) < 4.78 is 22.9. The number of aromatic amines is 1. The normalized spacial score (nSPS) is 32.7. The highest BCUT2D eigenvalue weighted by molar-refractivity contribution is 5.89. The SMILES string of the molecule is C#CCCCOC(=O)C1=CO[C@@H](O[C@@H]2O[C@H](CO)[C@@H](O)[C@H](O)[C@H]2O)[C@H](C=C)[C@@H]1C[C@@H]1NCCc2c1[nH]c1ccccc21. The number of H-pyrrole nitrogens is 1. The molecule has 226 valence electrons. The Bertz CT molecular complexity index is 1330. The molecule has 0 saturated carbocycles. The molecular formula is C31H38N2O9. The minimum atomic E-state index is -1.62. The number of esters is 1. The van der Waals surface area contributed by atoms with Crippen LogP contribution >= 0.6 is 0 Å². The molecule has 0 aliphatic carbocycles. The molecule has 0 radical (unpaired) electrons. The van der Waals surface area contributed by atoms with Crippen molar-refractivity contribution in [2.24, 2.45) is 11.8 Å². The van der Waals surface area contributed by atoms with Crippen LogP contribution in [0.15, 0.2) is 48.8 Å². The maximum absolute atomic E-state index is 13.3. The minimum Gasteiger partial charge on any atom is -0.471 e. The lowest BCUT2D eigenvalue weighted by molar-refractivity contribution is -0.339. The predicted octanol–water partition coefficient (Wildman–Crippen LogP) is 1.18. The fourth-order valence-electron chi connectivity index (χ4n) is 6.05. The Labute approximate surface area is 244 Å². The molecule has 1 aromatic carbocycles. The van der Waals surface area contributed by atoms with Crippen molar-refractivity contribution < 1.29 is 44.2 Å². The molecule has 0 unspecified atom stereocenters. The van der Waals surface area contributed by atoms with Crippen molar-refractivity contribution in [2.75, 3.05) is 19.8 Å². The highest BCUT2D eigenvalue weighted by atomic mass is 16.8. The number of carbonyl (C=O) groups excluding carboxylic acids is 1. The summed E-state index contributed by atoms with van der Waals surface area (Å²) in [7, 11) is 0. The summed E-state index contributed by atoms with van der Waals surface area (Å²) in [5.41, 5.74) is 3.62. The molecule has 0 amide bonds. The standard InChI is InChI=1S/C31H38N2O9/c1-3-5-8-13-39-29(38)21-16-40-30(42-31-28(37)27(36)26(35)24(15-34)41-31)17(4-2)20(21)14-23-25-19(11-12-32-23)18-9-6-7-10-22(18)33-25/h1,4,6-7,9-10,16-17,20,23-24,26-28,30-37H,2,5,8,11-15H2/t17-,20+,23+,24-,26-,27+,28-,30+,31+/m1/s1. The molecule has 0 spiro atoms. The van der Waals surface area contributed by atoms with Gasteiger partial charge in [0.1, 0.15) is 24.4 Å². The molecule has 5 rings (SSSR count). The van der Waals surface area contributed by atoms with E-state index in [-0.39, 0.29) is 12.6 Å². The van der Waals surface area contributed by atoms with Gasteiger partial charge in [0.2, 0.25) is 6.29 Å². The van der Waals surface area contributed by atoms with E-state index in [0.717, 1.165) is 24.2 Å². The van der Waals surface area contributed by atoms with Gasteiger partial charge in [-0.05, 0) is 37.4 Å². The summed E-state index contributed by atoms with van der Waals surface area (Å²) in [6.07, 6.45) is 2.17. The first-order valence-corrected chi connectivity index (χ1v) is 14.2. The second kappa shape index (κ2) is 13.4. The van der Waals surface area contributed by atoms with Gasteiger partial charge >= 0.3 is 5.97 Å². The fourth-order valence-corrected chi connectivity index (χ4v) is 6.05. The van der Waals surface area contributed by atoms with Crippen molar-refractivity contribution in [3.05, 3.63) is 60.0 Å². The van der Waals surface area contributed by atoms with E-state index in [0.29, 0.717) is 24.8 Å². The quantitative estimate of drug-likeness (QED) is 0.104. The molecule has 42 heavy (non-hydrogen) atoms. The van der Waals surface area contributed by atoms with Crippen LogP contribution in [0.1, 0.15) is 36.6 Å². The van der Waals surface area contributed by atoms with Gasteiger partial charge in [-0.2, -0.15) is 0 Å². The van der Waals surface area contributed by atoms with E-state index in [4.69, 9.17) is 25.4 Å². The molecule has 3 aliphatic heterocycles. The maximum Gasteiger partial charge on any atom is 0.337 e. The zero-order chi connectivity index (χ0) is 29.8. The Morgan fingerprint density at radius 1 is 1.19 bits per heavy atom. The predicted molar refractivity (Wildman–Crippen MR) is 151 cm³/mol. The fraction of sp³-hybridized carbons (Fsp3) is 0.516. The van der Waals surface area contributed by atoms with Gasteiger partial charge in [-0.1, -0.05) is 24.3 Å². The number of terminal acetylenes is 1. The lowest BCUT2D eigenvalue weighted by Crippen LogP contribution is -2.60. The van der Waals surface area contributed by atoms with Gasteiger partial charge in [-0.3, -0.25) is 0 Å². The minimum absolute atomic E-state index is 0.141. The maximum atomic E-state index is 13.3. The first-order valence-electron chi connectivity index (χ1n) is 14.2. The van der Waals surface area contributed by atoms with E-state index < -0.39 is 61.4 Å². The smallest absolute Gasteiger partial charge is 0.337 e. The second-order valence-corrected chi connectivity index (χ2v) is 10.8. The average molecular weight is 583 g/mol. The average Bonchev–Trinajstić information content (AvgIpc) is 3.39. The molecule has 2 aromatic rings. The van der Waals surface area contributed by atoms with Crippen molar-refractivity contribution in [3.8, 4) is 12.3 Å². The van der Waals surface area contributed by atoms with Crippen molar-refractivity contribution in [3.63, 3.8) is 0 Å². The van der Waals surface area contributed by atoms with E-state index >= 15 is 0 Å². The number of ether oxygens (including phenoxy) is 4. The van der Waals surface area contributed by atoms with Crippen LogP contribution in [-0.2, 0) is 30.2 Å². The molecular weight excluding hydrogens is 544 g/mol. The second-order valence-electron chi connectivity index (χ2n) is 10.8. The zero-order valence-corrected chi connectivity index (χ0v) is 23.2. The van der Waals surface area contributed by atoms with Crippen molar-refractivity contribution in [2.45, 2.75) is 68.7 Å². The third-order valence-electron chi connectivity index (χ3n) is 8.28. The third kappa shape index (κ3) is 5.98. The zero-order valence-electron chi connectivity index (χ0n) is 23.2. The number of aliphatic hydroxyl groups excluding tert-OH is 4. The van der Waals surface area contributed by atoms with Crippen LogP contribution in [0.2, 0.25) is 0 Å². The van der Waals surface area contributed by atoms with Crippen LogP contribution in [-0.4, -0.2) is 88.1 Å². The summed E-state index contributed by atoms with van der Waals surface area (Å²) in [6.45, 7) is 4.30. The third-order valence-corrected chi connectivity index (χ3v) is 8.28. The van der Waals surface area contributed by atoms with Gasteiger partial charge in [-0.25, -0.2) is 4.79 Å². The molecule has 11 heteroatoms. The highest BCUT2D eigenvalue weighted by Crippen LogP contribution is 2.42. The summed E-state index contributed by atoms with van der Waals surface area (Å²) in [5.74, 6) is 0.900. The number of rotatable bonds is 10.